The van der Waals surface area contributed by atoms with E-state index in [2.05, 4.69) is 0 Å². The molecule has 17 heavy (non-hydrogen) atoms. The van der Waals surface area contributed by atoms with Gasteiger partial charge < -0.3 is 4.18 Å². The highest BCUT2D eigenvalue weighted by molar-refractivity contribution is 7.89. The third-order valence-corrected chi connectivity index (χ3v) is 4.89. The van der Waals surface area contributed by atoms with Gasteiger partial charge in [-0.1, -0.05) is 17.7 Å². The summed E-state index contributed by atoms with van der Waals surface area (Å²) in [5.41, 5.74) is 1.06. The fraction of sp³-hybridized carbons (Fsp3) is 0.167. The van der Waals surface area contributed by atoms with Crippen molar-refractivity contribution in [2.24, 2.45) is 0 Å². The number of benzene rings is 1. The molecular formula is C12H12O3S2. The Kier molecular flexibility index (Phi) is 3.22. The zero-order valence-corrected chi connectivity index (χ0v) is 11.1. The first-order valence-corrected chi connectivity index (χ1v) is 7.27. The Labute approximate surface area is 105 Å². The molecule has 0 spiro atoms. The molecule has 1 heterocycles. The Hall–Kier alpha value is -1.33. The van der Waals surface area contributed by atoms with Crippen LogP contribution in [-0.2, 0) is 10.1 Å². The van der Waals surface area contributed by atoms with Crippen LogP contribution in [0.15, 0.2) is 40.6 Å². The van der Waals surface area contributed by atoms with Crippen LogP contribution in [0.5, 0.6) is 5.75 Å². The average Bonchev–Trinajstić information content (AvgIpc) is 2.69. The summed E-state index contributed by atoms with van der Waals surface area (Å²) in [7, 11) is -3.69. The zero-order valence-electron chi connectivity index (χ0n) is 9.51. The predicted molar refractivity (Wildman–Crippen MR) is 68.0 cm³/mol. The molecule has 90 valence electrons. The molecular weight excluding hydrogens is 256 g/mol. The van der Waals surface area contributed by atoms with E-state index in [9.17, 15) is 8.42 Å². The number of thiophene rings is 1. The molecule has 0 bridgehead atoms. The molecule has 1 aromatic heterocycles. The maximum atomic E-state index is 11.9. The molecule has 0 N–H and O–H groups in total. The lowest BCUT2D eigenvalue weighted by atomic mass is 10.2. The maximum Gasteiger partial charge on any atom is 0.348 e. The van der Waals surface area contributed by atoms with E-state index in [-0.39, 0.29) is 4.21 Å². The van der Waals surface area contributed by atoms with E-state index in [1.807, 2.05) is 26.0 Å². The van der Waals surface area contributed by atoms with Crippen molar-refractivity contribution < 1.29 is 12.6 Å². The van der Waals surface area contributed by atoms with Crippen molar-refractivity contribution in [2.45, 2.75) is 18.1 Å². The Balaban J connectivity index is 2.26. The molecule has 0 amide bonds. The Morgan fingerprint density at radius 1 is 1.00 bits per heavy atom. The first-order valence-electron chi connectivity index (χ1n) is 5.05. The van der Waals surface area contributed by atoms with Gasteiger partial charge in [-0.2, -0.15) is 8.42 Å². The van der Waals surface area contributed by atoms with Crippen molar-refractivity contribution in [3.8, 4) is 5.75 Å². The molecule has 3 nitrogen and oxygen atoms in total. The largest absolute Gasteiger partial charge is 0.378 e. The summed E-state index contributed by atoms with van der Waals surface area (Å²) in [5, 5.41) is 0. The van der Waals surface area contributed by atoms with Gasteiger partial charge in [0, 0.05) is 4.88 Å². The molecule has 0 aliphatic carbocycles. The molecule has 1 aromatic carbocycles. The van der Waals surface area contributed by atoms with Gasteiger partial charge in [-0.25, -0.2) is 0 Å². The molecule has 0 atom stereocenters. The fourth-order valence-corrected chi connectivity index (χ4v) is 3.48. The van der Waals surface area contributed by atoms with Gasteiger partial charge in [-0.15, -0.1) is 11.3 Å². The first kappa shape index (κ1) is 12.1. The predicted octanol–water partition coefficient (Wildman–Crippen LogP) is 3.13. The van der Waals surface area contributed by atoms with E-state index in [0.717, 1.165) is 10.4 Å². The van der Waals surface area contributed by atoms with Crippen molar-refractivity contribution in [1.82, 2.24) is 0 Å². The molecule has 0 saturated carbocycles. The van der Waals surface area contributed by atoms with E-state index >= 15 is 0 Å². The van der Waals surface area contributed by atoms with E-state index in [1.165, 1.54) is 11.3 Å². The van der Waals surface area contributed by atoms with Crippen LogP contribution in [0.4, 0.5) is 0 Å². The second-order valence-electron chi connectivity index (χ2n) is 3.72. The van der Waals surface area contributed by atoms with E-state index in [1.54, 1.807) is 24.3 Å². The standard InChI is InChI=1S/C12H12O3S2/c1-9-3-6-11(7-4-9)15-17(13,14)12-8-5-10(2)16-12/h3-8H,1-2H3. The van der Waals surface area contributed by atoms with Gasteiger partial charge >= 0.3 is 10.1 Å². The third-order valence-electron chi connectivity index (χ3n) is 2.19. The van der Waals surface area contributed by atoms with Gasteiger partial charge in [0.2, 0.25) is 0 Å². The third kappa shape index (κ3) is 2.87. The van der Waals surface area contributed by atoms with Crippen LogP contribution in [-0.4, -0.2) is 8.42 Å². The summed E-state index contributed by atoms with van der Waals surface area (Å²) in [4.78, 5) is 0.941. The van der Waals surface area contributed by atoms with Crippen LogP contribution in [0.1, 0.15) is 10.4 Å². The number of rotatable bonds is 3. The summed E-state index contributed by atoms with van der Waals surface area (Å²) in [6, 6.07) is 10.2. The number of hydrogen-bond acceptors (Lipinski definition) is 4. The van der Waals surface area contributed by atoms with Gasteiger partial charge in [0.1, 0.15) is 5.75 Å². The minimum absolute atomic E-state index is 0.232. The Morgan fingerprint density at radius 2 is 1.65 bits per heavy atom. The van der Waals surface area contributed by atoms with Crippen molar-refractivity contribution in [3.05, 3.63) is 46.8 Å². The fourth-order valence-electron chi connectivity index (χ4n) is 1.31. The normalized spacial score (nSPS) is 11.4. The molecule has 0 aliphatic heterocycles. The molecule has 0 fully saturated rings. The lowest BCUT2D eigenvalue weighted by molar-refractivity contribution is 0.488. The van der Waals surface area contributed by atoms with Gasteiger partial charge in [0.05, 0.1) is 0 Å². The smallest absolute Gasteiger partial charge is 0.348 e. The first-order chi connectivity index (χ1) is 7.97. The minimum atomic E-state index is -3.69. The van der Waals surface area contributed by atoms with Gasteiger partial charge in [-0.05, 0) is 38.1 Å². The summed E-state index contributed by atoms with van der Waals surface area (Å²) < 4.78 is 29.0. The van der Waals surface area contributed by atoms with Crippen LogP contribution in [0.2, 0.25) is 0 Å². The quantitative estimate of drug-likeness (QED) is 0.803. The lowest BCUT2D eigenvalue weighted by Gasteiger charge is -2.04. The van der Waals surface area contributed by atoms with Crippen LogP contribution >= 0.6 is 11.3 Å². The van der Waals surface area contributed by atoms with Crippen molar-refractivity contribution >= 4 is 21.5 Å². The molecule has 0 radical (unpaired) electrons. The SMILES string of the molecule is Cc1ccc(OS(=O)(=O)c2ccc(C)s2)cc1. The van der Waals surface area contributed by atoms with E-state index in [0.29, 0.717) is 5.75 Å². The average molecular weight is 268 g/mol. The zero-order chi connectivity index (χ0) is 12.5. The Morgan fingerprint density at radius 3 is 2.18 bits per heavy atom. The van der Waals surface area contributed by atoms with Crippen LogP contribution in [0, 0.1) is 13.8 Å². The van der Waals surface area contributed by atoms with E-state index < -0.39 is 10.1 Å². The van der Waals surface area contributed by atoms with Crippen LogP contribution in [0.25, 0.3) is 0 Å². The monoisotopic (exact) mass is 268 g/mol. The summed E-state index contributed by atoms with van der Waals surface area (Å²) in [6.07, 6.45) is 0. The van der Waals surface area contributed by atoms with Crippen LogP contribution in [0.3, 0.4) is 0 Å². The summed E-state index contributed by atoms with van der Waals surface area (Å²) >= 11 is 1.20. The second-order valence-corrected chi connectivity index (χ2v) is 6.78. The molecule has 0 saturated heterocycles. The van der Waals surface area contributed by atoms with Crippen molar-refractivity contribution in [1.29, 1.82) is 0 Å². The maximum absolute atomic E-state index is 11.9. The second kappa shape index (κ2) is 4.50. The van der Waals surface area contributed by atoms with E-state index in [4.69, 9.17) is 4.18 Å². The molecule has 0 aliphatic rings. The van der Waals surface area contributed by atoms with Crippen LogP contribution < -0.4 is 4.18 Å². The summed E-state index contributed by atoms with van der Waals surface area (Å²) in [6.45, 7) is 3.79. The Bertz CT molecular complexity index is 609. The van der Waals surface area contributed by atoms with Gasteiger partial charge in [0.25, 0.3) is 0 Å². The topological polar surface area (TPSA) is 43.4 Å². The summed E-state index contributed by atoms with van der Waals surface area (Å²) in [5.74, 6) is 0.335. The highest BCUT2D eigenvalue weighted by Crippen LogP contribution is 2.24. The molecule has 2 rings (SSSR count). The van der Waals surface area contributed by atoms with Gasteiger partial charge in [0.15, 0.2) is 4.21 Å². The minimum Gasteiger partial charge on any atom is -0.378 e. The lowest BCUT2D eigenvalue weighted by Crippen LogP contribution is -2.07. The molecule has 5 heteroatoms. The van der Waals surface area contributed by atoms with Crippen molar-refractivity contribution in [2.75, 3.05) is 0 Å². The highest BCUT2D eigenvalue weighted by atomic mass is 32.3. The van der Waals surface area contributed by atoms with Gasteiger partial charge in [-0.3, -0.25) is 0 Å². The highest BCUT2D eigenvalue weighted by Gasteiger charge is 2.18. The molecule has 2 aromatic rings. The molecule has 0 unspecified atom stereocenters. The number of hydrogen-bond donors (Lipinski definition) is 0. The number of aryl methyl sites for hydroxylation is 2. The van der Waals surface area contributed by atoms with Crippen molar-refractivity contribution in [3.63, 3.8) is 0 Å².